The van der Waals surface area contributed by atoms with Crippen LogP contribution in [0.25, 0.3) is 87.3 Å². The molecule has 4 heteroatoms. The molecule has 0 bridgehead atoms. The summed E-state index contributed by atoms with van der Waals surface area (Å²) in [5.74, 6) is 0. The van der Waals surface area contributed by atoms with Gasteiger partial charge in [-0.25, -0.2) is 0 Å². The summed E-state index contributed by atoms with van der Waals surface area (Å²) < 4.78 is 6.64. The average molecular weight is 758 g/mol. The molecule has 0 saturated carbocycles. The van der Waals surface area contributed by atoms with Gasteiger partial charge in [0.1, 0.15) is 11.2 Å². The summed E-state index contributed by atoms with van der Waals surface area (Å²) in [4.78, 5) is 0. The molecular formula is C55H39N3O. The first kappa shape index (κ1) is 34.0. The van der Waals surface area contributed by atoms with Crippen molar-refractivity contribution in [3.05, 3.63) is 217 Å². The van der Waals surface area contributed by atoms with Crippen LogP contribution in [-0.2, 0) is 0 Å². The first-order valence-corrected chi connectivity index (χ1v) is 20.4. The fraction of sp³-hybridized carbons (Fsp3) is 0.0545. The highest BCUT2D eigenvalue weighted by molar-refractivity contribution is 6.18. The summed E-state index contributed by atoms with van der Waals surface area (Å²) in [7, 11) is 0. The Morgan fingerprint density at radius 2 is 0.915 bits per heavy atom. The molecule has 2 heterocycles. The number of fused-ring (bicyclic) bond motifs is 8. The Bertz CT molecular complexity index is 3390. The van der Waals surface area contributed by atoms with Crippen molar-refractivity contribution in [2.24, 2.45) is 0 Å². The Hall–Kier alpha value is -7.08. The van der Waals surface area contributed by atoms with Crippen molar-refractivity contribution in [1.29, 1.82) is 0 Å². The zero-order valence-electron chi connectivity index (χ0n) is 32.2. The van der Waals surface area contributed by atoms with Gasteiger partial charge in [0.25, 0.3) is 0 Å². The van der Waals surface area contributed by atoms with E-state index in [-0.39, 0.29) is 18.5 Å². The second-order valence-corrected chi connectivity index (χ2v) is 15.8. The van der Waals surface area contributed by atoms with E-state index in [0.29, 0.717) is 0 Å². The van der Waals surface area contributed by atoms with E-state index in [4.69, 9.17) is 4.42 Å². The molecule has 4 nitrogen and oxygen atoms in total. The Morgan fingerprint density at radius 1 is 0.339 bits per heavy atom. The van der Waals surface area contributed by atoms with E-state index >= 15 is 0 Å². The van der Waals surface area contributed by atoms with Crippen molar-refractivity contribution in [2.45, 2.75) is 18.5 Å². The van der Waals surface area contributed by atoms with Crippen molar-refractivity contribution < 1.29 is 4.42 Å². The lowest BCUT2D eigenvalue weighted by Gasteiger charge is -2.40. The molecule has 11 aromatic rings. The number of nitrogens with one attached hydrogen (secondary N) is 3. The van der Waals surface area contributed by atoms with Crippen LogP contribution < -0.4 is 16.0 Å². The second-order valence-electron chi connectivity index (χ2n) is 15.8. The summed E-state index contributed by atoms with van der Waals surface area (Å²) in [6.45, 7) is 0. The Kier molecular flexibility index (Phi) is 7.95. The maximum absolute atomic E-state index is 6.64. The summed E-state index contributed by atoms with van der Waals surface area (Å²) in [5.41, 5.74) is 10.0. The quantitative estimate of drug-likeness (QED) is 0.153. The molecule has 280 valence electrons. The largest absolute Gasteiger partial charge is 0.456 e. The smallest absolute Gasteiger partial charge is 0.136 e. The molecule has 59 heavy (non-hydrogen) atoms. The standard InChI is InChI=1S/C55H39N3O/c1-2-13-36(14-3-1)53-56-54(58-55(57-53)47-32-41-18-8-9-19-43(41)45-20-10-11-21-46(45)47)37-25-23-35(24-26-37)51-44(42-27-22-34-12-4-5-15-38(34)30-42)28-29-49-52(51)48-31-39-16-6-7-17-40(39)33-50(48)59-49/h1-33,53-58H. The molecule has 1 aliphatic heterocycles. The van der Waals surface area contributed by atoms with Gasteiger partial charge in [-0.15, -0.1) is 0 Å². The van der Waals surface area contributed by atoms with Crippen molar-refractivity contribution >= 4 is 65.0 Å². The van der Waals surface area contributed by atoms with Crippen molar-refractivity contribution in [2.75, 3.05) is 0 Å². The zero-order valence-corrected chi connectivity index (χ0v) is 32.2. The van der Waals surface area contributed by atoms with Crippen molar-refractivity contribution in [3.8, 4) is 22.3 Å². The summed E-state index contributed by atoms with van der Waals surface area (Å²) >= 11 is 0. The van der Waals surface area contributed by atoms with Crippen LogP contribution in [0, 0.1) is 0 Å². The van der Waals surface area contributed by atoms with E-state index in [0.717, 1.165) is 33.1 Å². The second kappa shape index (κ2) is 13.8. The lowest BCUT2D eigenvalue weighted by atomic mass is 9.89. The topological polar surface area (TPSA) is 49.2 Å². The first-order chi connectivity index (χ1) is 29.2. The minimum Gasteiger partial charge on any atom is -0.456 e. The monoisotopic (exact) mass is 757 g/mol. The number of furan rings is 1. The maximum Gasteiger partial charge on any atom is 0.136 e. The third-order valence-corrected chi connectivity index (χ3v) is 12.3. The van der Waals surface area contributed by atoms with Crippen LogP contribution >= 0.6 is 0 Å². The van der Waals surface area contributed by atoms with Gasteiger partial charge in [0.15, 0.2) is 0 Å². The van der Waals surface area contributed by atoms with Crippen LogP contribution in [0.4, 0.5) is 0 Å². The minimum absolute atomic E-state index is 0.0854. The Morgan fingerprint density at radius 3 is 1.68 bits per heavy atom. The molecule has 1 saturated heterocycles. The van der Waals surface area contributed by atoms with E-state index in [1.807, 2.05) is 0 Å². The summed E-state index contributed by atoms with van der Waals surface area (Å²) in [6.07, 6.45) is -0.346. The third kappa shape index (κ3) is 5.80. The van der Waals surface area contributed by atoms with Crippen LogP contribution in [0.15, 0.2) is 205 Å². The van der Waals surface area contributed by atoms with Crippen molar-refractivity contribution in [1.82, 2.24) is 16.0 Å². The van der Waals surface area contributed by atoms with Crippen LogP contribution in [0.5, 0.6) is 0 Å². The molecule has 10 aromatic carbocycles. The highest BCUT2D eigenvalue weighted by atomic mass is 16.3. The van der Waals surface area contributed by atoms with Gasteiger partial charge in [-0.1, -0.05) is 170 Å². The van der Waals surface area contributed by atoms with Crippen LogP contribution in [-0.4, -0.2) is 0 Å². The Balaban J connectivity index is 1.00. The van der Waals surface area contributed by atoms with Crippen LogP contribution in [0.3, 0.4) is 0 Å². The van der Waals surface area contributed by atoms with E-state index in [1.165, 1.54) is 70.9 Å². The highest BCUT2D eigenvalue weighted by Gasteiger charge is 2.31. The van der Waals surface area contributed by atoms with Gasteiger partial charge in [-0.05, 0) is 107 Å². The fourth-order valence-electron chi connectivity index (χ4n) is 9.47. The van der Waals surface area contributed by atoms with Crippen LogP contribution in [0.1, 0.15) is 35.2 Å². The summed E-state index contributed by atoms with van der Waals surface area (Å²) in [5, 5.41) is 23.9. The van der Waals surface area contributed by atoms with Gasteiger partial charge in [0, 0.05) is 16.3 Å². The third-order valence-electron chi connectivity index (χ3n) is 12.3. The fourth-order valence-corrected chi connectivity index (χ4v) is 9.47. The van der Waals surface area contributed by atoms with Gasteiger partial charge in [-0.3, -0.25) is 16.0 Å². The molecule has 12 rings (SSSR count). The van der Waals surface area contributed by atoms with E-state index in [2.05, 4.69) is 216 Å². The molecule has 1 aromatic heterocycles. The van der Waals surface area contributed by atoms with E-state index < -0.39 is 0 Å². The molecule has 1 fully saturated rings. The van der Waals surface area contributed by atoms with Crippen LogP contribution in [0.2, 0.25) is 0 Å². The molecule has 0 aliphatic carbocycles. The molecule has 0 amide bonds. The predicted octanol–water partition coefficient (Wildman–Crippen LogP) is 13.7. The summed E-state index contributed by atoms with van der Waals surface area (Å²) in [6, 6.07) is 72.4. The lowest BCUT2D eigenvalue weighted by molar-refractivity contribution is 0.204. The lowest BCUT2D eigenvalue weighted by Crippen LogP contribution is -2.54. The first-order valence-electron chi connectivity index (χ1n) is 20.4. The number of rotatable bonds is 5. The minimum atomic E-state index is -0.136. The van der Waals surface area contributed by atoms with E-state index in [1.54, 1.807) is 0 Å². The predicted molar refractivity (Wildman–Crippen MR) is 245 cm³/mol. The molecular weight excluding hydrogens is 719 g/mol. The van der Waals surface area contributed by atoms with Gasteiger partial charge >= 0.3 is 0 Å². The molecule has 0 radical (unpaired) electrons. The van der Waals surface area contributed by atoms with Gasteiger partial charge < -0.3 is 4.42 Å². The number of hydrogen-bond donors (Lipinski definition) is 3. The Labute approximate surface area is 341 Å². The van der Waals surface area contributed by atoms with Gasteiger partial charge in [0.05, 0.1) is 18.5 Å². The molecule has 0 spiro atoms. The SMILES string of the molecule is c1ccc(C2NC(c3ccc(-c4c(-c5ccc6ccccc6c5)ccc5oc6cc7ccccc7cc6c45)cc3)NC(c3cc4ccccc4c4ccccc34)N2)cc1. The molecule has 1 aliphatic rings. The highest BCUT2D eigenvalue weighted by Crippen LogP contribution is 2.45. The zero-order chi connectivity index (χ0) is 38.9. The normalized spacial score (nSPS) is 17.1. The van der Waals surface area contributed by atoms with Gasteiger partial charge in [-0.2, -0.15) is 0 Å². The van der Waals surface area contributed by atoms with Gasteiger partial charge in [0.2, 0.25) is 0 Å². The maximum atomic E-state index is 6.64. The molecule has 3 atom stereocenters. The van der Waals surface area contributed by atoms with E-state index in [9.17, 15) is 0 Å². The van der Waals surface area contributed by atoms with Crippen molar-refractivity contribution in [3.63, 3.8) is 0 Å². The number of hydrogen-bond acceptors (Lipinski definition) is 4. The average Bonchev–Trinajstić information content (AvgIpc) is 3.67. The number of benzene rings is 10. The molecule has 3 N–H and O–H groups in total. The molecule has 3 unspecified atom stereocenters.